The van der Waals surface area contributed by atoms with Crippen LogP contribution >= 0.6 is 23.2 Å². The third-order valence-electron chi connectivity index (χ3n) is 4.55. The standard InChI is InChI=1S/C19H20Cl2N4O4S2/c1-4-25-18(13(3)24-31(28,29)15-9-10-16(20)17(21)11-15)22-23-19(25)30(26,27)14-7-5-12(2)6-8-14/h5-11,13,24H,4H2,1-3H3/t13-/m1/s1. The van der Waals surface area contributed by atoms with Crippen LogP contribution in [0.5, 0.6) is 0 Å². The second-order valence-corrected chi connectivity index (χ2v) is 11.2. The van der Waals surface area contributed by atoms with Gasteiger partial charge in [-0.1, -0.05) is 40.9 Å². The van der Waals surface area contributed by atoms with Gasteiger partial charge in [-0.3, -0.25) is 0 Å². The van der Waals surface area contributed by atoms with Crippen molar-refractivity contribution in [3.63, 3.8) is 0 Å². The van der Waals surface area contributed by atoms with Crippen LogP contribution in [0.15, 0.2) is 57.4 Å². The summed E-state index contributed by atoms with van der Waals surface area (Å²) >= 11 is 11.8. The smallest absolute Gasteiger partial charge is 0.254 e. The van der Waals surface area contributed by atoms with Gasteiger partial charge >= 0.3 is 0 Å². The van der Waals surface area contributed by atoms with Gasteiger partial charge in [0.15, 0.2) is 5.82 Å². The molecule has 0 saturated heterocycles. The van der Waals surface area contributed by atoms with Crippen molar-refractivity contribution < 1.29 is 16.8 Å². The second-order valence-electron chi connectivity index (χ2n) is 6.82. The summed E-state index contributed by atoms with van der Waals surface area (Å²) in [7, 11) is -7.92. The quantitative estimate of drug-likeness (QED) is 0.525. The molecule has 1 heterocycles. The van der Waals surface area contributed by atoms with Gasteiger partial charge in [0.2, 0.25) is 19.9 Å². The molecule has 0 saturated carbocycles. The van der Waals surface area contributed by atoms with Crippen LogP contribution in [0.4, 0.5) is 0 Å². The van der Waals surface area contributed by atoms with Gasteiger partial charge in [0.05, 0.1) is 25.9 Å². The maximum absolute atomic E-state index is 13.0. The number of rotatable bonds is 7. The first-order valence-corrected chi connectivity index (χ1v) is 12.9. The van der Waals surface area contributed by atoms with Crippen LogP contribution in [0.1, 0.15) is 31.3 Å². The molecule has 166 valence electrons. The molecule has 3 aromatic rings. The van der Waals surface area contributed by atoms with E-state index in [1.165, 1.54) is 34.9 Å². The van der Waals surface area contributed by atoms with E-state index in [1.807, 2.05) is 6.92 Å². The number of sulfonamides is 1. The summed E-state index contributed by atoms with van der Waals surface area (Å²) in [6, 6.07) is 9.43. The lowest BCUT2D eigenvalue weighted by Gasteiger charge is -2.16. The summed E-state index contributed by atoms with van der Waals surface area (Å²) in [6.07, 6.45) is 0. The van der Waals surface area contributed by atoms with Crippen LogP contribution in [0.2, 0.25) is 10.0 Å². The molecule has 1 aromatic heterocycles. The summed E-state index contributed by atoms with van der Waals surface area (Å²) in [5.41, 5.74) is 0.918. The van der Waals surface area contributed by atoms with E-state index in [0.717, 1.165) is 5.56 Å². The van der Waals surface area contributed by atoms with Gasteiger partial charge in [-0.05, 0) is 51.1 Å². The van der Waals surface area contributed by atoms with Crippen LogP contribution in [-0.2, 0) is 26.4 Å². The van der Waals surface area contributed by atoms with Crippen LogP contribution in [0.25, 0.3) is 0 Å². The third-order valence-corrected chi connectivity index (χ3v) is 8.51. The summed E-state index contributed by atoms with van der Waals surface area (Å²) in [4.78, 5) is -0.000367. The second kappa shape index (κ2) is 8.87. The molecule has 0 unspecified atom stereocenters. The van der Waals surface area contributed by atoms with E-state index >= 15 is 0 Å². The predicted octanol–water partition coefficient (Wildman–Crippen LogP) is 3.79. The van der Waals surface area contributed by atoms with Crippen LogP contribution in [0.3, 0.4) is 0 Å². The van der Waals surface area contributed by atoms with Gasteiger partial charge in [-0.2, -0.15) is 0 Å². The number of hydrogen-bond acceptors (Lipinski definition) is 6. The number of benzene rings is 2. The van der Waals surface area contributed by atoms with E-state index in [1.54, 1.807) is 26.0 Å². The first-order chi connectivity index (χ1) is 14.5. The molecule has 12 heteroatoms. The van der Waals surface area contributed by atoms with E-state index in [-0.39, 0.29) is 37.4 Å². The average molecular weight is 503 g/mol. The number of sulfone groups is 1. The predicted molar refractivity (Wildman–Crippen MR) is 118 cm³/mol. The lowest BCUT2D eigenvalue weighted by atomic mass is 10.2. The summed E-state index contributed by atoms with van der Waals surface area (Å²) in [6.45, 7) is 5.35. The molecule has 31 heavy (non-hydrogen) atoms. The molecule has 1 N–H and O–H groups in total. The van der Waals surface area contributed by atoms with Crippen molar-refractivity contribution in [2.45, 2.75) is 48.3 Å². The fraction of sp³-hybridized carbons (Fsp3) is 0.263. The normalized spacial score (nSPS) is 13.3. The van der Waals surface area contributed by atoms with Crippen molar-refractivity contribution >= 4 is 43.1 Å². The monoisotopic (exact) mass is 502 g/mol. The lowest BCUT2D eigenvalue weighted by molar-refractivity contribution is 0.531. The zero-order chi connectivity index (χ0) is 23.0. The summed E-state index contributed by atoms with van der Waals surface area (Å²) in [5, 5.41) is 7.89. The topological polar surface area (TPSA) is 111 Å². The molecule has 0 amide bonds. The Labute approximate surface area is 191 Å². The van der Waals surface area contributed by atoms with E-state index in [2.05, 4.69) is 14.9 Å². The Morgan fingerprint density at radius 3 is 2.16 bits per heavy atom. The summed E-state index contributed by atoms with van der Waals surface area (Å²) in [5.74, 6) is 0.164. The molecular weight excluding hydrogens is 483 g/mol. The van der Waals surface area contributed by atoms with Crippen molar-refractivity contribution in [2.24, 2.45) is 0 Å². The minimum Gasteiger partial charge on any atom is -0.301 e. The number of aromatic nitrogens is 3. The maximum Gasteiger partial charge on any atom is 0.254 e. The zero-order valence-corrected chi connectivity index (χ0v) is 20.0. The molecule has 0 aliphatic heterocycles. The SMILES string of the molecule is CCn1c([C@@H](C)NS(=O)(=O)c2ccc(Cl)c(Cl)c2)nnc1S(=O)(=O)c1ccc(C)cc1. The lowest BCUT2D eigenvalue weighted by Crippen LogP contribution is -2.29. The summed E-state index contributed by atoms with van der Waals surface area (Å²) < 4.78 is 55.4. The Kier molecular flexibility index (Phi) is 6.78. The van der Waals surface area contributed by atoms with Crippen molar-refractivity contribution in [3.8, 4) is 0 Å². The molecule has 0 aliphatic carbocycles. The van der Waals surface area contributed by atoms with Crippen LogP contribution in [-0.4, -0.2) is 31.6 Å². The minimum atomic E-state index is -3.98. The van der Waals surface area contributed by atoms with Gasteiger partial charge in [-0.15, -0.1) is 10.2 Å². The van der Waals surface area contributed by atoms with Gasteiger partial charge in [0.25, 0.3) is 5.16 Å². The van der Waals surface area contributed by atoms with Crippen LogP contribution in [0, 0.1) is 6.92 Å². The molecule has 3 rings (SSSR count). The van der Waals surface area contributed by atoms with Gasteiger partial charge in [0, 0.05) is 6.54 Å². The Balaban J connectivity index is 1.96. The number of aryl methyl sites for hydroxylation is 1. The fourth-order valence-corrected chi connectivity index (χ4v) is 5.89. The Morgan fingerprint density at radius 2 is 1.58 bits per heavy atom. The minimum absolute atomic E-state index is 0.0794. The Hall–Kier alpha value is -1.98. The van der Waals surface area contributed by atoms with Crippen LogP contribution < -0.4 is 4.72 Å². The van der Waals surface area contributed by atoms with E-state index in [4.69, 9.17) is 23.2 Å². The third kappa shape index (κ3) is 4.78. The molecule has 1 atom stereocenters. The molecular formula is C19H20Cl2N4O4S2. The highest BCUT2D eigenvalue weighted by Gasteiger charge is 2.29. The highest BCUT2D eigenvalue weighted by Crippen LogP contribution is 2.27. The first kappa shape index (κ1) is 23.7. The average Bonchev–Trinajstić information content (AvgIpc) is 3.15. The zero-order valence-electron chi connectivity index (χ0n) is 16.9. The Morgan fingerprint density at radius 1 is 0.968 bits per heavy atom. The molecule has 0 spiro atoms. The fourth-order valence-electron chi connectivity index (χ4n) is 2.94. The number of nitrogens with zero attached hydrogens (tertiary/aromatic N) is 3. The van der Waals surface area contributed by atoms with Crippen molar-refractivity contribution in [1.82, 2.24) is 19.5 Å². The van der Waals surface area contributed by atoms with E-state index < -0.39 is 25.9 Å². The molecule has 8 nitrogen and oxygen atoms in total. The van der Waals surface area contributed by atoms with Crippen molar-refractivity contribution in [1.29, 1.82) is 0 Å². The van der Waals surface area contributed by atoms with E-state index in [0.29, 0.717) is 0 Å². The molecule has 0 bridgehead atoms. The van der Waals surface area contributed by atoms with Crippen molar-refractivity contribution in [3.05, 3.63) is 63.9 Å². The highest BCUT2D eigenvalue weighted by atomic mass is 35.5. The number of nitrogens with one attached hydrogen (secondary N) is 1. The first-order valence-electron chi connectivity index (χ1n) is 9.19. The van der Waals surface area contributed by atoms with Crippen molar-refractivity contribution in [2.75, 3.05) is 0 Å². The maximum atomic E-state index is 13.0. The molecule has 0 aliphatic rings. The van der Waals surface area contributed by atoms with E-state index in [9.17, 15) is 16.8 Å². The molecule has 0 fully saturated rings. The highest BCUT2D eigenvalue weighted by molar-refractivity contribution is 7.91. The van der Waals surface area contributed by atoms with Gasteiger partial charge < -0.3 is 4.57 Å². The molecule has 0 radical (unpaired) electrons. The Bertz CT molecular complexity index is 1320. The number of halogens is 2. The largest absolute Gasteiger partial charge is 0.301 e. The van der Waals surface area contributed by atoms with Gasteiger partial charge in [0.1, 0.15) is 0 Å². The number of hydrogen-bond donors (Lipinski definition) is 1. The van der Waals surface area contributed by atoms with Gasteiger partial charge in [-0.25, -0.2) is 21.6 Å². The molecule has 2 aromatic carbocycles.